The van der Waals surface area contributed by atoms with Crippen LogP contribution in [0.3, 0.4) is 0 Å². The van der Waals surface area contributed by atoms with E-state index in [4.69, 9.17) is 5.11 Å². The van der Waals surface area contributed by atoms with E-state index in [0.717, 1.165) is 51.7 Å². The first-order valence-corrected chi connectivity index (χ1v) is 7.82. The SMILES string of the molecule is CCCN(CCC)C(=O)CN1CCCCC1CC(=O)O. The summed E-state index contributed by atoms with van der Waals surface area (Å²) in [5, 5.41) is 8.97. The molecule has 1 heterocycles. The number of nitrogens with zero attached hydrogens (tertiary/aromatic N) is 2. The van der Waals surface area contributed by atoms with Gasteiger partial charge in [-0.15, -0.1) is 0 Å². The van der Waals surface area contributed by atoms with Gasteiger partial charge in [0.2, 0.25) is 5.91 Å². The zero-order chi connectivity index (χ0) is 15.0. The molecule has 116 valence electrons. The Morgan fingerprint density at radius 1 is 1.20 bits per heavy atom. The van der Waals surface area contributed by atoms with Gasteiger partial charge in [-0.25, -0.2) is 0 Å². The van der Waals surface area contributed by atoms with Gasteiger partial charge < -0.3 is 10.0 Å². The summed E-state index contributed by atoms with van der Waals surface area (Å²) in [5.74, 6) is -0.626. The fraction of sp³-hybridized carbons (Fsp3) is 0.867. The maximum absolute atomic E-state index is 12.4. The number of amides is 1. The van der Waals surface area contributed by atoms with Crippen LogP contribution < -0.4 is 0 Å². The predicted molar refractivity (Wildman–Crippen MR) is 78.6 cm³/mol. The lowest BCUT2D eigenvalue weighted by Gasteiger charge is -2.35. The van der Waals surface area contributed by atoms with Crippen LogP contribution in [0.2, 0.25) is 0 Å². The number of rotatable bonds is 8. The normalized spacial score (nSPS) is 19.8. The molecule has 0 aromatic carbocycles. The highest BCUT2D eigenvalue weighted by Crippen LogP contribution is 2.19. The van der Waals surface area contributed by atoms with Gasteiger partial charge in [-0.3, -0.25) is 14.5 Å². The number of hydrogen-bond donors (Lipinski definition) is 1. The molecule has 1 N–H and O–H groups in total. The second-order valence-corrected chi connectivity index (χ2v) is 5.60. The fourth-order valence-corrected chi connectivity index (χ4v) is 2.88. The van der Waals surface area contributed by atoms with Crippen LogP contribution in [-0.4, -0.2) is 59.0 Å². The summed E-state index contributed by atoms with van der Waals surface area (Å²) >= 11 is 0. The van der Waals surface area contributed by atoms with Crippen LogP contribution in [0, 0.1) is 0 Å². The van der Waals surface area contributed by atoms with Crippen molar-refractivity contribution in [1.82, 2.24) is 9.80 Å². The van der Waals surface area contributed by atoms with E-state index in [1.165, 1.54) is 0 Å². The van der Waals surface area contributed by atoms with Crippen molar-refractivity contribution in [3.63, 3.8) is 0 Å². The van der Waals surface area contributed by atoms with E-state index in [-0.39, 0.29) is 18.4 Å². The van der Waals surface area contributed by atoms with Crippen molar-refractivity contribution in [2.75, 3.05) is 26.2 Å². The van der Waals surface area contributed by atoms with Crippen LogP contribution in [0.15, 0.2) is 0 Å². The highest BCUT2D eigenvalue weighted by molar-refractivity contribution is 5.78. The van der Waals surface area contributed by atoms with Crippen molar-refractivity contribution in [2.45, 2.75) is 58.4 Å². The Kier molecular flexibility index (Phi) is 7.59. The number of carboxylic acids is 1. The van der Waals surface area contributed by atoms with Gasteiger partial charge >= 0.3 is 5.97 Å². The Balaban J connectivity index is 2.57. The quantitative estimate of drug-likeness (QED) is 0.740. The molecule has 5 nitrogen and oxygen atoms in total. The van der Waals surface area contributed by atoms with Crippen LogP contribution in [0.4, 0.5) is 0 Å². The molecule has 5 heteroatoms. The molecular formula is C15H28N2O3. The van der Waals surface area contributed by atoms with E-state index in [9.17, 15) is 9.59 Å². The molecule has 1 atom stereocenters. The molecule has 0 aromatic rings. The molecule has 0 radical (unpaired) electrons. The fourth-order valence-electron chi connectivity index (χ4n) is 2.88. The standard InChI is InChI=1S/C15H28N2O3/c1-3-8-16(9-4-2)14(18)12-17-10-6-5-7-13(17)11-15(19)20/h13H,3-12H2,1-2H3,(H,19,20). The maximum atomic E-state index is 12.4. The van der Waals surface area contributed by atoms with Crippen molar-refractivity contribution in [1.29, 1.82) is 0 Å². The average molecular weight is 284 g/mol. The number of carboxylic acid groups (broad SMARTS) is 1. The highest BCUT2D eigenvalue weighted by Gasteiger charge is 2.27. The van der Waals surface area contributed by atoms with Gasteiger partial charge in [-0.05, 0) is 32.2 Å². The van der Waals surface area contributed by atoms with Gasteiger partial charge in [0.25, 0.3) is 0 Å². The van der Waals surface area contributed by atoms with Gasteiger partial charge in [0.05, 0.1) is 13.0 Å². The van der Waals surface area contributed by atoms with Crippen LogP contribution in [0.25, 0.3) is 0 Å². The molecule has 0 aliphatic carbocycles. The molecule has 1 aliphatic rings. The lowest BCUT2D eigenvalue weighted by molar-refractivity contribution is -0.140. The Hall–Kier alpha value is -1.10. The van der Waals surface area contributed by atoms with Crippen molar-refractivity contribution < 1.29 is 14.7 Å². The zero-order valence-electron chi connectivity index (χ0n) is 12.8. The highest BCUT2D eigenvalue weighted by atomic mass is 16.4. The lowest BCUT2D eigenvalue weighted by atomic mass is 9.99. The Morgan fingerprint density at radius 2 is 1.85 bits per heavy atom. The second-order valence-electron chi connectivity index (χ2n) is 5.60. The van der Waals surface area contributed by atoms with E-state index >= 15 is 0 Å². The molecule has 1 fully saturated rings. The molecule has 1 aliphatic heterocycles. The Bertz CT molecular complexity index is 314. The van der Waals surface area contributed by atoms with Crippen molar-refractivity contribution in [3.8, 4) is 0 Å². The van der Waals surface area contributed by atoms with E-state index in [2.05, 4.69) is 18.7 Å². The molecule has 0 saturated carbocycles. The molecule has 1 amide bonds. The minimum atomic E-state index is -0.770. The monoisotopic (exact) mass is 284 g/mol. The summed E-state index contributed by atoms with van der Waals surface area (Å²) in [6, 6.07) is 0.0234. The molecule has 0 spiro atoms. The lowest BCUT2D eigenvalue weighted by Crippen LogP contribution is -2.47. The summed E-state index contributed by atoms with van der Waals surface area (Å²) < 4.78 is 0. The van der Waals surface area contributed by atoms with Crippen LogP contribution in [0.5, 0.6) is 0 Å². The first-order chi connectivity index (χ1) is 9.58. The van der Waals surface area contributed by atoms with Gasteiger partial charge in [-0.1, -0.05) is 20.3 Å². The minimum absolute atomic E-state index is 0.0234. The molecule has 1 saturated heterocycles. The number of carbonyl (C=O) groups is 2. The molecule has 0 bridgehead atoms. The predicted octanol–water partition coefficient (Wildman–Crippen LogP) is 1.96. The largest absolute Gasteiger partial charge is 0.481 e. The third-order valence-corrected chi connectivity index (χ3v) is 3.84. The molecule has 1 rings (SSSR count). The number of carbonyl (C=O) groups excluding carboxylic acids is 1. The summed E-state index contributed by atoms with van der Waals surface area (Å²) in [6.07, 6.45) is 5.09. The molecule has 1 unspecified atom stereocenters. The average Bonchev–Trinajstić information content (AvgIpc) is 2.40. The topological polar surface area (TPSA) is 60.9 Å². The van der Waals surface area contributed by atoms with E-state index in [1.807, 2.05) is 4.90 Å². The van der Waals surface area contributed by atoms with Gasteiger partial charge in [-0.2, -0.15) is 0 Å². The Labute approximate surface area is 121 Å². The zero-order valence-corrected chi connectivity index (χ0v) is 12.8. The molecular weight excluding hydrogens is 256 g/mol. The first kappa shape index (κ1) is 17.0. The smallest absolute Gasteiger partial charge is 0.304 e. The summed E-state index contributed by atoms with van der Waals surface area (Å²) in [7, 11) is 0. The summed E-state index contributed by atoms with van der Waals surface area (Å²) in [6.45, 7) is 6.95. The van der Waals surface area contributed by atoms with Crippen molar-refractivity contribution in [3.05, 3.63) is 0 Å². The van der Waals surface area contributed by atoms with Gasteiger partial charge in [0.1, 0.15) is 0 Å². The van der Waals surface area contributed by atoms with Crippen molar-refractivity contribution >= 4 is 11.9 Å². The molecule has 0 aromatic heterocycles. The number of piperidine rings is 1. The third-order valence-electron chi connectivity index (χ3n) is 3.84. The van der Waals surface area contributed by atoms with Crippen LogP contribution in [0.1, 0.15) is 52.4 Å². The maximum Gasteiger partial charge on any atom is 0.304 e. The summed E-state index contributed by atoms with van der Waals surface area (Å²) in [4.78, 5) is 27.3. The van der Waals surface area contributed by atoms with Crippen molar-refractivity contribution in [2.24, 2.45) is 0 Å². The second kappa shape index (κ2) is 8.95. The number of hydrogen-bond acceptors (Lipinski definition) is 3. The van der Waals surface area contributed by atoms with E-state index in [1.54, 1.807) is 0 Å². The van der Waals surface area contributed by atoms with E-state index in [0.29, 0.717) is 6.54 Å². The number of likely N-dealkylation sites (tertiary alicyclic amines) is 1. The van der Waals surface area contributed by atoms with Crippen LogP contribution in [-0.2, 0) is 9.59 Å². The minimum Gasteiger partial charge on any atom is -0.481 e. The Morgan fingerprint density at radius 3 is 2.40 bits per heavy atom. The van der Waals surface area contributed by atoms with E-state index < -0.39 is 5.97 Å². The number of aliphatic carboxylic acids is 1. The third kappa shape index (κ3) is 5.49. The summed E-state index contributed by atoms with van der Waals surface area (Å²) in [5.41, 5.74) is 0. The van der Waals surface area contributed by atoms with Crippen LogP contribution >= 0.6 is 0 Å². The van der Waals surface area contributed by atoms with Gasteiger partial charge in [0, 0.05) is 19.1 Å². The molecule has 20 heavy (non-hydrogen) atoms. The first-order valence-electron chi connectivity index (χ1n) is 7.82. The van der Waals surface area contributed by atoms with Gasteiger partial charge in [0.15, 0.2) is 0 Å².